The SMILES string of the molecule is COc1ccccc1[C@@H]1CNCCN1C1N(c2ccccc2)C(=O)N(C(C)CCO)N1C1COC(Cn2cncn2)(c2ccc(F)cc2F)C1. The molecule has 50 heavy (non-hydrogen) atoms. The molecule has 264 valence electrons. The Kier molecular flexibility index (Phi) is 9.80. The van der Waals surface area contributed by atoms with E-state index in [-0.39, 0.29) is 43.8 Å². The first kappa shape index (κ1) is 34.0. The highest BCUT2D eigenvalue weighted by Crippen LogP contribution is 2.46. The van der Waals surface area contributed by atoms with Gasteiger partial charge < -0.3 is 19.9 Å². The van der Waals surface area contributed by atoms with Crippen LogP contribution in [-0.2, 0) is 16.9 Å². The Hall–Kier alpha value is -4.47. The molecule has 14 heteroatoms. The number of methoxy groups -OCH3 is 1. The molecular weight excluding hydrogens is 646 g/mol. The topological polar surface area (TPSA) is 111 Å². The van der Waals surface area contributed by atoms with Crippen molar-refractivity contribution in [3.63, 3.8) is 0 Å². The molecule has 0 radical (unpaired) electrons. The lowest BCUT2D eigenvalue weighted by atomic mass is 9.88. The van der Waals surface area contributed by atoms with Crippen LogP contribution in [0.3, 0.4) is 0 Å². The molecule has 3 aliphatic rings. The predicted molar refractivity (Wildman–Crippen MR) is 181 cm³/mol. The number of aliphatic hydroxyl groups excluding tert-OH is 1. The average molecular weight is 689 g/mol. The first-order valence-electron chi connectivity index (χ1n) is 16.9. The van der Waals surface area contributed by atoms with Crippen LogP contribution in [0.15, 0.2) is 85.5 Å². The normalized spacial score (nSPS) is 25.4. The van der Waals surface area contributed by atoms with Gasteiger partial charge in [0.25, 0.3) is 0 Å². The zero-order valence-electron chi connectivity index (χ0n) is 28.1. The minimum absolute atomic E-state index is 0.116. The minimum atomic E-state index is -1.26. The van der Waals surface area contributed by atoms with E-state index in [2.05, 4.69) is 25.3 Å². The molecule has 5 atom stereocenters. The molecule has 4 aromatic rings. The number of aliphatic hydroxyl groups is 1. The Morgan fingerprint density at radius 2 is 1.92 bits per heavy atom. The predicted octanol–water partition coefficient (Wildman–Crippen LogP) is 4.11. The van der Waals surface area contributed by atoms with Crippen LogP contribution in [0.1, 0.15) is 36.9 Å². The van der Waals surface area contributed by atoms with E-state index in [4.69, 9.17) is 9.47 Å². The number of ether oxygens (including phenoxy) is 2. The Balaban J connectivity index is 1.37. The number of hydrazine groups is 1. The summed E-state index contributed by atoms with van der Waals surface area (Å²) in [7, 11) is 1.65. The molecule has 1 aromatic heterocycles. The highest BCUT2D eigenvalue weighted by atomic mass is 19.1. The Morgan fingerprint density at radius 1 is 1.12 bits per heavy atom. The summed E-state index contributed by atoms with van der Waals surface area (Å²) in [6.45, 7) is 3.91. The van der Waals surface area contributed by atoms with Gasteiger partial charge in [-0.25, -0.2) is 23.2 Å². The summed E-state index contributed by atoms with van der Waals surface area (Å²) in [6.07, 6.45) is 2.87. The van der Waals surface area contributed by atoms with Gasteiger partial charge in [-0.15, -0.1) is 0 Å². The molecule has 3 aromatic carbocycles. The molecule has 2 N–H and O–H groups in total. The molecule has 0 bridgehead atoms. The van der Waals surface area contributed by atoms with Gasteiger partial charge in [0.15, 0.2) is 6.29 Å². The quantitative estimate of drug-likeness (QED) is 0.241. The largest absolute Gasteiger partial charge is 0.496 e. The van der Waals surface area contributed by atoms with Crippen molar-refractivity contribution in [2.24, 2.45) is 0 Å². The summed E-state index contributed by atoms with van der Waals surface area (Å²) in [4.78, 5) is 23.1. The number of hydrogen-bond acceptors (Lipinski definition) is 9. The Labute approximate surface area is 289 Å². The number of para-hydroxylation sites is 2. The number of nitrogens with one attached hydrogen (secondary N) is 1. The van der Waals surface area contributed by atoms with E-state index < -0.39 is 35.6 Å². The second-order valence-electron chi connectivity index (χ2n) is 13.0. The van der Waals surface area contributed by atoms with E-state index in [1.807, 2.05) is 61.5 Å². The number of carbonyl (C=O) groups excluding carboxylic acids is 1. The molecule has 3 saturated heterocycles. The van der Waals surface area contributed by atoms with Crippen molar-refractivity contribution in [3.05, 3.63) is 108 Å². The summed E-state index contributed by atoms with van der Waals surface area (Å²) < 4.78 is 43.9. The summed E-state index contributed by atoms with van der Waals surface area (Å²) in [5.74, 6) is -0.679. The fourth-order valence-corrected chi connectivity index (χ4v) is 7.73. The summed E-state index contributed by atoms with van der Waals surface area (Å²) >= 11 is 0. The van der Waals surface area contributed by atoms with E-state index in [1.54, 1.807) is 21.7 Å². The van der Waals surface area contributed by atoms with Crippen LogP contribution >= 0.6 is 0 Å². The van der Waals surface area contributed by atoms with E-state index in [9.17, 15) is 14.3 Å². The lowest BCUT2D eigenvalue weighted by molar-refractivity contribution is -0.110. The maximum atomic E-state index is 15.7. The number of anilines is 1. The number of halogens is 2. The number of amides is 2. The van der Waals surface area contributed by atoms with Gasteiger partial charge in [0.2, 0.25) is 0 Å². The summed E-state index contributed by atoms with van der Waals surface area (Å²) in [6, 6.07) is 19.6. The fourth-order valence-electron chi connectivity index (χ4n) is 7.73. The van der Waals surface area contributed by atoms with Gasteiger partial charge in [-0.1, -0.05) is 42.5 Å². The van der Waals surface area contributed by atoms with Gasteiger partial charge in [-0.05, 0) is 37.6 Å². The number of benzene rings is 3. The van der Waals surface area contributed by atoms with Crippen LogP contribution in [0.4, 0.5) is 19.3 Å². The van der Waals surface area contributed by atoms with Crippen LogP contribution in [0.25, 0.3) is 0 Å². The molecular formula is C36H42F2N8O4. The zero-order valence-corrected chi connectivity index (χ0v) is 28.1. The number of nitrogens with zero attached hydrogens (tertiary/aromatic N) is 7. The number of hydrogen-bond donors (Lipinski definition) is 2. The van der Waals surface area contributed by atoms with E-state index in [0.29, 0.717) is 31.7 Å². The second kappa shape index (κ2) is 14.4. The number of aromatic nitrogens is 3. The van der Waals surface area contributed by atoms with E-state index in [0.717, 1.165) is 17.4 Å². The molecule has 3 aliphatic heterocycles. The Morgan fingerprint density at radius 3 is 2.66 bits per heavy atom. The van der Waals surface area contributed by atoms with Crippen LogP contribution in [0.5, 0.6) is 5.75 Å². The molecule has 0 saturated carbocycles. The number of urea groups is 1. The molecule has 7 rings (SSSR count). The molecule has 3 fully saturated rings. The first-order chi connectivity index (χ1) is 24.3. The fraction of sp³-hybridized carbons (Fsp3) is 0.417. The van der Waals surface area contributed by atoms with E-state index in [1.165, 1.54) is 24.8 Å². The van der Waals surface area contributed by atoms with Crippen molar-refractivity contribution in [1.29, 1.82) is 0 Å². The highest BCUT2D eigenvalue weighted by Gasteiger charge is 2.57. The van der Waals surface area contributed by atoms with Crippen LogP contribution in [0, 0.1) is 11.6 Å². The number of carbonyl (C=O) groups is 1. The standard InChI is InChI=1S/C36H42F2N8O4/c1-25(14-17-47)45-35(48)44(27-8-4-3-5-9-27)34(43-16-15-39-20-32(43)29-10-6-7-11-33(29)49-2)46(45)28-19-36(50-21-28,22-42-24-40-23-41-42)30-13-12-26(37)18-31(30)38/h3-13,18,23-25,28,32,34,39,47H,14-17,19-22H2,1-2H3/t25?,28?,32-,34?,36?/m0/s1. The number of piperazine rings is 1. The second-order valence-corrected chi connectivity index (χ2v) is 13.0. The van der Waals surface area contributed by atoms with Crippen molar-refractivity contribution >= 4 is 11.7 Å². The third-order valence-corrected chi connectivity index (χ3v) is 9.99. The molecule has 0 aliphatic carbocycles. The van der Waals surface area contributed by atoms with Crippen LogP contribution < -0.4 is 15.0 Å². The van der Waals surface area contributed by atoms with Crippen LogP contribution in [-0.4, -0.2) is 99.2 Å². The smallest absolute Gasteiger partial charge is 0.341 e. The molecule has 12 nitrogen and oxygen atoms in total. The first-order valence-corrected chi connectivity index (χ1v) is 16.9. The third kappa shape index (κ3) is 6.22. The summed E-state index contributed by atoms with van der Waals surface area (Å²) in [5.41, 5.74) is 0.617. The third-order valence-electron chi connectivity index (χ3n) is 9.99. The monoisotopic (exact) mass is 688 g/mol. The molecule has 2 amide bonds. The number of rotatable bonds is 11. The maximum Gasteiger partial charge on any atom is 0.341 e. The summed E-state index contributed by atoms with van der Waals surface area (Å²) in [5, 5.41) is 21.7. The Bertz CT molecular complexity index is 1770. The molecule has 4 unspecified atom stereocenters. The molecule has 4 heterocycles. The lowest BCUT2D eigenvalue weighted by Gasteiger charge is -2.47. The van der Waals surface area contributed by atoms with Crippen molar-refractivity contribution in [3.8, 4) is 5.75 Å². The molecule has 0 spiro atoms. The van der Waals surface area contributed by atoms with Crippen molar-refractivity contribution in [1.82, 2.24) is 35.0 Å². The maximum absolute atomic E-state index is 15.7. The minimum Gasteiger partial charge on any atom is -0.496 e. The van der Waals surface area contributed by atoms with Gasteiger partial charge in [0, 0.05) is 61.6 Å². The lowest BCUT2D eigenvalue weighted by Crippen LogP contribution is -2.63. The van der Waals surface area contributed by atoms with Gasteiger partial charge in [-0.3, -0.25) is 14.8 Å². The van der Waals surface area contributed by atoms with Crippen molar-refractivity contribution in [2.45, 2.75) is 56.3 Å². The van der Waals surface area contributed by atoms with E-state index >= 15 is 4.39 Å². The van der Waals surface area contributed by atoms with Gasteiger partial charge in [-0.2, -0.15) is 10.1 Å². The van der Waals surface area contributed by atoms with Gasteiger partial charge in [0.1, 0.15) is 35.6 Å². The van der Waals surface area contributed by atoms with Gasteiger partial charge >= 0.3 is 6.03 Å². The zero-order chi connectivity index (χ0) is 34.8. The van der Waals surface area contributed by atoms with Crippen molar-refractivity contribution in [2.75, 3.05) is 44.9 Å². The average Bonchev–Trinajstić information content (AvgIpc) is 3.87. The van der Waals surface area contributed by atoms with Crippen molar-refractivity contribution < 1.29 is 28.2 Å². The van der Waals surface area contributed by atoms with Crippen LogP contribution in [0.2, 0.25) is 0 Å². The van der Waals surface area contributed by atoms with Gasteiger partial charge in [0.05, 0.1) is 32.3 Å². The highest BCUT2D eigenvalue weighted by molar-refractivity contribution is 5.94.